The highest BCUT2D eigenvalue weighted by Crippen LogP contribution is 2.04. The lowest BCUT2D eigenvalue weighted by Gasteiger charge is -2.12. The molecule has 4 nitrogen and oxygen atoms in total. The Labute approximate surface area is 87.8 Å². The summed E-state index contributed by atoms with van der Waals surface area (Å²) in [6.07, 6.45) is -0.866. The number of benzene rings is 1. The topological polar surface area (TPSA) is 52.6 Å². The molecule has 0 saturated heterocycles. The van der Waals surface area contributed by atoms with E-state index in [-0.39, 0.29) is 0 Å². The van der Waals surface area contributed by atoms with E-state index in [1.165, 1.54) is 13.8 Å². The normalized spacial score (nSPS) is 11.6. The van der Waals surface area contributed by atoms with E-state index in [0.717, 1.165) is 0 Å². The molecule has 0 N–H and O–H groups in total. The van der Waals surface area contributed by atoms with Crippen molar-refractivity contribution in [2.45, 2.75) is 20.1 Å². The van der Waals surface area contributed by atoms with Crippen LogP contribution in [0.4, 0.5) is 0 Å². The molecule has 1 aromatic carbocycles. The van der Waals surface area contributed by atoms with Crippen LogP contribution in [0.3, 0.4) is 0 Å². The Bertz CT molecular complexity index is 345. The molecule has 0 aliphatic heterocycles. The van der Waals surface area contributed by atoms with Gasteiger partial charge in [0.25, 0.3) is 0 Å². The summed E-state index contributed by atoms with van der Waals surface area (Å²) >= 11 is 0. The van der Waals surface area contributed by atoms with Crippen LogP contribution >= 0.6 is 0 Å². The van der Waals surface area contributed by atoms with Crippen molar-refractivity contribution in [3.05, 3.63) is 35.9 Å². The predicted molar refractivity (Wildman–Crippen MR) is 53.1 cm³/mol. The molecule has 0 bridgehead atoms. The van der Waals surface area contributed by atoms with Crippen molar-refractivity contribution in [1.29, 1.82) is 0 Å². The van der Waals surface area contributed by atoms with E-state index in [1.807, 2.05) is 0 Å². The summed E-state index contributed by atoms with van der Waals surface area (Å²) in [4.78, 5) is 22.0. The Hall–Kier alpha value is -1.84. The second-order valence-electron chi connectivity index (χ2n) is 2.95. The summed E-state index contributed by atoms with van der Waals surface area (Å²) in [7, 11) is 0. The van der Waals surface area contributed by atoms with Gasteiger partial charge in [0.1, 0.15) is 0 Å². The molecule has 0 radical (unpaired) electrons. The summed E-state index contributed by atoms with van der Waals surface area (Å²) < 4.78 is 9.53. The smallest absolute Gasteiger partial charge is 0.341 e. The highest BCUT2D eigenvalue weighted by atomic mass is 16.7. The highest BCUT2D eigenvalue weighted by Gasteiger charge is 2.12. The van der Waals surface area contributed by atoms with Crippen LogP contribution in [0.5, 0.6) is 0 Å². The van der Waals surface area contributed by atoms with E-state index in [9.17, 15) is 9.59 Å². The summed E-state index contributed by atoms with van der Waals surface area (Å²) in [5.74, 6) is -0.993. The molecule has 15 heavy (non-hydrogen) atoms. The first kappa shape index (κ1) is 11.2. The van der Waals surface area contributed by atoms with Crippen molar-refractivity contribution < 1.29 is 19.1 Å². The van der Waals surface area contributed by atoms with Crippen LogP contribution in [-0.2, 0) is 14.3 Å². The SMILES string of the molecule is CC(=O)OC(C)OC(=O)c1ccccc1. The van der Waals surface area contributed by atoms with E-state index >= 15 is 0 Å². The molecule has 0 saturated carbocycles. The van der Waals surface area contributed by atoms with Gasteiger partial charge >= 0.3 is 11.9 Å². The average molecular weight is 208 g/mol. The summed E-state index contributed by atoms with van der Waals surface area (Å²) in [6, 6.07) is 8.51. The number of carbonyl (C=O) groups excluding carboxylic acids is 2. The maximum Gasteiger partial charge on any atom is 0.341 e. The quantitative estimate of drug-likeness (QED) is 0.561. The summed E-state index contributed by atoms with van der Waals surface area (Å²) in [5.41, 5.74) is 0.427. The highest BCUT2D eigenvalue weighted by molar-refractivity contribution is 5.89. The molecule has 0 aromatic heterocycles. The predicted octanol–water partition coefficient (Wildman–Crippen LogP) is 1.75. The van der Waals surface area contributed by atoms with Gasteiger partial charge in [0, 0.05) is 13.8 Å². The minimum Gasteiger partial charge on any atom is -0.426 e. The fraction of sp³-hybridized carbons (Fsp3) is 0.273. The van der Waals surface area contributed by atoms with Gasteiger partial charge in [0.15, 0.2) is 0 Å². The number of rotatable bonds is 3. The summed E-state index contributed by atoms with van der Waals surface area (Å²) in [6.45, 7) is 2.75. The van der Waals surface area contributed by atoms with Crippen LogP contribution in [0.1, 0.15) is 24.2 Å². The number of ether oxygens (including phenoxy) is 2. The first-order chi connectivity index (χ1) is 7.09. The molecule has 0 amide bonds. The van der Waals surface area contributed by atoms with Gasteiger partial charge < -0.3 is 9.47 Å². The lowest BCUT2D eigenvalue weighted by Crippen LogP contribution is -2.20. The number of hydrogen-bond acceptors (Lipinski definition) is 4. The molecular weight excluding hydrogens is 196 g/mol. The Morgan fingerprint density at radius 2 is 1.73 bits per heavy atom. The minimum absolute atomic E-state index is 0.427. The van der Waals surface area contributed by atoms with Crippen molar-refractivity contribution in [1.82, 2.24) is 0 Å². The maximum atomic E-state index is 11.4. The van der Waals surface area contributed by atoms with E-state index in [4.69, 9.17) is 4.74 Å². The van der Waals surface area contributed by atoms with Gasteiger partial charge in [0.05, 0.1) is 5.56 Å². The van der Waals surface area contributed by atoms with E-state index in [2.05, 4.69) is 4.74 Å². The molecule has 1 aromatic rings. The molecule has 1 rings (SSSR count). The average Bonchev–Trinajstić information content (AvgIpc) is 2.17. The van der Waals surface area contributed by atoms with Crippen LogP contribution in [0.25, 0.3) is 0 Å². The van der Waals surface area contributed by atoms with Crippen LogP contribution in [0.2, 0.25) is 0 Å². The van der Waals surface area contributed by atoms with E-state index < -0.39 is 18.2 Å². The molecule has 4 heteroatoms. The van der Waals surface area contributed by atoms with Crippen LogP contribution in [-0.4, -0.2) is 18.2 Å². The molecule has 0 aliphatic carbocycles. The van der Waals surface area contributed by atoms with Crippen LogP contribution in [0, 0.1) is 0 Å². The fourth-order valence-corrected chi connectivity index (χ4v) is 1.05. The van der Waals surface area contributed by atoms with Gasteiger partial charge in [-0.25, -0.2) is 4.79 Å². The summed E-state index contributed by atoms with van der Waals surface area (Å²) in [5, 5.41) is 0. The van der Waals surface area contributed by atoms with Crippen LogP contribution in [0.15, 0.2) is 30.3 Å². The molecule has 0 fully saturated rings. The van der Waals surface area contributed by atoms with E-state index in [0.29, 0.717) is 5.56 Å². The first-order valence-electron chi connectivity index (χ1n) is 4.53. The van der Waals surface area contributed by atoms with E-state index in [1.54, 1.807) is 30.3 Å². The zero-order valence-corrected chi connectivity index (χ0v) is 8.60. The Balaban J connectivity index is 2.53. The van der Waals surface area contributed by atoms with Crippen molar-refractivity contribution >= 4 is 11.9 Å². The van der Waals surface area contributed by atoms with Crippen molar-refractivity contribution in [2.75, 3.05) is 0 Å². The van der Waals surface area contributed by atoms with Crippen LogP contribution < -0.4 is 0 Å². The zero-order chi connectivity index (χ0) is 11.3. The molecule has 1 atom stereocenters. The largest absolute Gasteiger partial charge is 0.426 e. The molecule has 1 unspecified atom stereocenters. The third-order valence-corrected chi connectivity index (χ3v) is 1.61. The van der Waals surface area contributed by atoms with Gasteiger partial charge in [-0.2, -0.15) is 0 Å². The zero-order valence-electron chi connectivity index (χ0n) is 8.60. The molecule has 0 aliphatic rings. The second-order valence-corrected chi connectivity index (χ2v) is 2.95. The fourth-order valence-electron chi connectivity index (χ4n) is 1.05. The molecule has 0 spiro atoms. The molecule has 0 heterocycles. The van der Waals surface area contributed by atoms with Gasteiger partial charge in [-0.3, -0.25) is 4.79 Å². The molecule has 80 valence electrons. The van der Waals surface area contributed by atoms with Crippen molar-refractivity contribution in [2.24, 2.45) is 0 Å². The minimum atomic E-state index is -0.866. The van der Waals surface area contributed by atoms with Gasteiger partial charge in [0.2, 0.25) is 6.29 Å². The monoisotopic (exact) mass is 208 g/mol. The number of esters is 2. The van der Waals surface area contributed by atoms with Crippen molar-refractivity contribution in [3.8, 4) is 0 Å². The maximum absolute atomic E-state index is 11.4. The van der Waals surface area contributed by atoms with Gasteiger partial charge in [-0.1, -0.05) is 18.2 Å². The second kappa shape index (κ2) is 5.14. The third-order valence-electron chi connectivity index (χ3n) is 1.61. The lowest BCUT2D eigenvalue weighted by atomic mass is 10.2. The number of hydrogen-bond donors (Lipinski definition) is 0. The lowest BCUT2D eigenvalue weighted by molar-refractivity contribution is -0.162. The Kier molecular flexibility index (Phi) is 3.85. The molecular formula is C11H12O4. The Morgan fingerprint density at radius 1 is 1.13 bits per heavy atom. The number of carbonyl (C=O) groups is 2. The van der Waals surface area contributed by atoms with Gasteiger partial charge in [-0.05, 0) is 12.1 Å². The van der Waals surface area contributed by atoms with Gasteiger partial charge in [-0.15, -0.1) is 0 Å². The third kappa shape index (κ3) is 3.81. The first-order valence-corrected chi connectivity index (χ1v) is 4.53. The Morgan fingerprint density at radius 3 is 2.27 bits per heavy atom. The van der Waals surface area contributed by atoms with Crippen molar-refractivity contribution in [3.63, 3.8) is 0 Å². The standard InChI is InChI=1S/C11H12O4/c1-8(12)14-9(2)15-11(13)10-6-4-3-5-7-10/h3-7,9H,1-2H3.